The first-order valence-corrected chi connectivity index (χ1v) is 9.50. The number of anilines is 3. The van der Waals surface area contributed by atoms with Crippen LogP contribution in [0.3, 0.4) is 0 Å². The van der Waals surface area contributed by atoms with Crippen LogP contribution in [0.1, 0.15) is 11.3 Å². The van der Waals surface area contributed by atoms with Gasteiger partial charge in [0.1, 0.15) is 0 Å². The van der Waals surface area contributed by atoms with Crippen molar-refractivity contribution in [1.29, 1.82) is 0 Å². The molecule has 0 bridgehead atoms. The van der Waals surface area contributed by atoms with Crippen molar-refractivity contribution in [2.45, 2.75) is 0 Å². The fourth-order valence-corrected chi connectivity index (χ4v) is 3.58. The minimum absolute atomic E-state index is 0.0853. The first kappa shape index (κ1) is 17.1. The Bertz CT molecular complexity index is 1210. The van der Waals surface area contributed by atoms with Crippen LogP contribution in [0.4, 0.5) is 17.1 Å². The smallest absolute Gasteiger partial charge is 0.256 e. The Morgan fingerprint density at radius 1 is 0.759 bits per heavy atom. The van der Waals surface area contributed by atoms with E-state index in [9.17, 15) is 4.79 Å². The number of aromatic amines is 1. The van der Waals surface area contributed by atoms with E-state index in [4.69, 9.17) is 0 Å². The minimum Gasteiger partial charge on any atom is -0.362 e. The molecule has 0 fully saturated rings. The fourth-order valence-electron chi connectivity index (χ4n) is 3.58. The van der Waals surface area contributed by atoms with Gasteiger partial charge in [0.25, 0.3) is 5.91 Å². The van der Waals surface area contributed by atoms with Crippen LogP contribution in [0.25, 0.3) is 22.8 Å². The summed E-state index contributed by atoms with van der Waals surface area (Å²) in [5.41, 5.74) is 7.55. The lowest BCUT2D eigenvalue weighted by Crippen LogP contribution is -2.03. The summed E-state index contributed by atoms with van der Waals surface area (Å²) >= 11 is 0. The molecule has 4 nitrogen and oxygen atoms in total. The zero-order chi connectivity index (χ0) is 19.6. The Hall–Kier alpha value is -4.05. The number of hydrogen-bond donors (Lipinski definition) is 3. The highest BCUT2D eigenvalue weighted by Gasteiger charge is 2.24. The summed E-state index contributed by atoms with van der Waals surface area (Å²) in [5, 5.41) is 6.40. The van der Waals surface area contributed by atoms with Crippen LogP contribution in [0, 0.1) is 0 Å². The van der Waals surface area contributed by atoms with Crippen LogP contribution >= 0.6 is 0 Å². The fraction of sp³-hybridized carbons (Fsp3) is 0. The summed E-state index contributed by atoms with van der Waals surface area (Å²) in [4.78, 5) is 15.5. The molecule has 0 unspecified atom stereocenters. The summed E-state index contributed by atoms with van der Waals surface area (Å²) in [6, 6.07) is 28.4. The van der Waals surface area contributed by atoms with Crippen molar-refractivity contribution in [2.75, 3.05) is 10.6 Å². The Labute approximate surface area is 168 Å². The number of nitrogens with one attached hydrogen (secondary N) is 3. The van der Waals surface area contributed by atoms with E-state index < -0.39 is 0 Å². The molecule has 1 aromatic heterocycles. The molecule has 5 rings (SSSR count). The van der Waals surface area contributed by atoms with Crippen LogP contribution in [0.5, 0.6) is 0 Å². The molecule has 0 saturated heterocycles. The van der Waals surface area contributed by atoms with Gasteiger partial charge in [-0.3, -0.25) is 4.79 Å². The average Bonchev–Trinajstić information content (AvgIpc) is 3.37. The van der Waals surface area contributed by atoms with E-state index in [1.807, 2.05) is 72.9 Å². The highest BCUT2D eigenvalue weighted by atomic mass is 16.2. The van der Waals surface area contributed by atoms with Crippen molar-refractivity contribution in [3.05, 3.63) is 102 Å². The predicted octanol–water partition coefficient (Wildman–Crippen LogP) is 5.92. The number of aromatic nitrogens is 1. The number of carbonyl (C=O) groups is 1. The first-order chi connectivity index (χ1) is 14.3. The van der Waals surface area contributed by atoms with Gasteiger partial charge in [0.15, 0.2) is 0 Å². The van der Waals surface area contributed by atoms with Gasteiger partial charge in [-0.1, -0.05) is 48.5 Å². The molecular formula is C25H19N3O. The zero-order valence-corrected chi connectivity index (χ0v) is 15.6. The molecule has 0 saturated carbocycles. The van der Waals surface area contributed by atoms with Gasteiger partial charge in [0.05, 0.1) is 11.3 Å². The number of benzene rings is 3. The molecule has 3 aromatic carbocycles. The molecule has 2 heterocycles. The third-order valence-electron chi connectivity index (χ3n) is 4.98. The summed E-state index contributed by atoms with van der Waals surface area (Å²) in [5.74, 6) is -0.0853. The van der Waals surface area contributed by atoms with Crippen molar-refractivity contribution in [1.82, 2.24) is 4.98 Å². The lowest BCUT2D eigenvalue weighted by Gasteiger charge is -2.10. The summed E-state index contributed by atoms with van der Waals surface area (Å²) < 4.78 is 0. The lowest BCUT2D eigenvalue weighted by molar-refractivity contribution is -0.110. The maximum Gasteiger partial charge on any atom is 0.256 e. The molecule has 29 heavy (non-hydrogen) atoms. The molecule has 1 amide bonds. The summed E-state index contributed by atoms with van der Waals surface area (Å²) in [6.45, 7) is 0. The van der Waals surface area contributed by atoms with Crippen LogP contribution in [-0.2, 0) is 4.79 Å². The number of hydrogen-bond acceptors (Lipinski definition) is 2. The van der Waals surface area contributed by atoms with Crippen molar-refractivity contribution in [2.24, 2.45) is 0 Å². The van der Waals surface area contributed by atoms with E-state index in [-0.39, 0.29) is 5.91 Å². The molecule has 0 atom stereocenters. The third-order valence-corrected chi connectivity index (χ3v) is 4.98. The first-order valence-electron chi connectivity index (χ1n) is 9.50. The highest BCUT2D eigenvalue weighted by molar-refractivity contribution is 6.35. The largest absolute Gasteiger partial charge is 0.362 e. The van der Waals surface area contributed by atoms with Crippen molar-refractivity contribution in [3.63, 3.8) is 0 Å². The maximum absolute atomic E-state index is 12.4. The Morgan fingerprint density at radius 3 is 2.41 bits per heavy atom. The number of rotatable bonds is 4. The van der Waals surface area contributed by atoms with Gasteiger partial charge in [0.2, 0.25) is 0 Å². The van der Waals surface area contributed by atoms with Gasteiger partial charge >= 0.3 is 0 Å². The topological polar surface area (TPSA) is 56.9 Å². The van der Waals surface area contributed by atoms with Crippen LogP contribution in [0.15, 0.2) is 91.1 Å². The Balaban J connectivity index is 1.42. The van der Waals surface area contributed by atoms with Crippen molar-refractivity contribution >= 4 is 34.6 Å². The SMILES string of the molecule is O=C1Nc2cc(Nc3cccc(-c4ccccc4)c3)ccc2C1=Cc1ccc[nH]1. The van der Waals surface area contributed by atoms with E-state index in [2.05, 4.69) is 39.9 Å². The van der Waals surface area contributed by atoms with Crippen molar-refractivity contribution in [3.8, 4) is 11.1 Å². The Morgan fingerprint density at radius 2 is 1.59 bits per heavy atom. The monoisotopic (exact) mass is 377 g/mol. The molecule has 1 aliphatic heterocycles. The molecule has 3 N–H and O–H groups in total. The predicted molar refractivity (Wildman–Crippen MR) is 119 cm³/mol. The molecule has 140 valence electrons. The molecule has 4 aromatic rings. The van der Waals surface area contributed by atoms with Crippen LogP contribution in [-0.4, -0.2) is 10.9 Å². The number of amides is 1. The highest BCUT2D eigenvalue weighted by Crippen LogP contribution is 2.36. The van der Waals surface area contributed by atoms with Gasteiger partial charge in [-0.2, -0.15) is 0 Å². The molecular weight excluding hydrogens is 358 g/mol. The van der Waals surface area contributed by atoms with Crippen molar-refractivity contribution < 1.29 is 4.79 Å². The van der Waals surface area contributed by atoms with E-state index in [1.165, 1.54) is 5.56 Å². The van der Waals surface area contributed by atoms with Gasteiger partial charge < -0.3 is 15.6 Å². The van der Waals surface area contributed by atoms with Gasteiger partial charge in [-0.25, -0.2) is 0 Å². The molecule has 0 aliphatic carbocycles. The standard InChI is InChI=1S/C25H19N3O/c29-25-23(15-19-10-5-13-26-19)22-12-11-21(16-24(22)28-25)27-20-9-4-8-18(14-20)17-6-2-1-3-7-17/h1-16,26-27H,(H,28,29). The van der Waals surface area contributed by atoms with E-state index in [1.54, 1.807) is 0 Å². The van der Waals surface area contributed by atoms with Gasteiger partial charge in [-0.15, -0.1) is 0 Å². The lowest BCUT2D eigenvalue weighted by atomic mass is 10.0. The number of fused-ring (bicyclic) bond motifs is 1. The maximum atomic E-state index is 12.4. The quantitative estimate of drug-likeness (QED) is 0.387. The number of H-pyrrole nitrogens is 1. The normalized spacial score (nSPS) is 13.9. The zero-order valence-electron chi connectivity index (χ0n) is 15.6. The summed E-state index contributed by atoms with van der Waals surface area (Å²) in [6.07, 6.45) is 3.72. The van der Waals surface area contributed by atoms with E-state index >= 15 is 0 Å². The van der Waals surface area contributed by atoms with Crippen LogP contribution < -0.4 is 10.6 Å². The molecule has 0 radical (unpaired) electrons. The van der Waals surface area contributed by atoms with E-state index in [0.29, 0.717) is 5.57 Å². The Kier molecular flexibility index (Phi) is 4.22. The number of carbonyl (C=O) groups excluding carboxylic acids is 1. The minimum atomic E-state index is -0.0853. The molecule has 0 spiro atoms. The molecule has 1 aliphatic rings. The molecule has 4 heteroatoms. The second-order valence-corrected chi connectivity index (χ2v) is 6.97. The third kappa shape index (κ3) is 3.44. The second kappa shape index (κ2) is 7.17. The van der Waals surface area contributed by atoms with E-state index in [0.717, 1.165) is 33.9 Å². The van der Waals surface area contributed by atoms with Gasteiger partial charge in [-0.05, 0) is 53.6 Å². The average molecular weight is 377 g/mol. The van der Waals surface area contributed by atoms with Crippen LogP contribution in [0.2, 0.25) is 0 Å². The van der Waals surface area contributed by atoms with Gasteiger partial charge in [0, 0.05) is 28.8 Å². The summed E-state index contributed by atoms with van der Waals surface area (Å²) in [7, 11) is 0. The second-order valence-electron chi connectivity index (χ2n) is 6.97.